The maximum absolute atomic E-state index is 11.0. The van der Waals surface area contributed by atoms with Gasteiger partial charge in [0, 0.05) is 17.1 Å². The standard InChI is InChI=1S/C13H13N3O2/c1-2-18-13(17)16-15-9-10-7-8-14-12-6-4-3-5-11(10)12/h3-9H,2H2,1H3,(H,16,17). The van der Waals surface area contributed by atoms with Gasteiger partial charge in [0.05, 0.1) is 18.3 Å². The topological polar surface area (TPSA) is 63.6 Å². The van der Waals surface area contributed by atoms with E-state index < -0.39 is 6.09 Å². The molecule has 92 valence electrons. The first-order chi connectivity index (χ1) is 8.81. The summed E-state index contributed by atoms with van der Waals surface area (Å²) in [5, 5.41) is 4.81. The van der Waals surface area contributed by atoms with Crippen LogP contribution in [0.25, 0.3) is 10.9 Å². The van der Waals surface area contributed by atoms with Crippen molar-refractivity contribution >= 4 is 23.2 Å². The van der Waals surface area contributed by atoms with Crippen LogP contribution in [0.1, 0.15) is 12.5 Å². The highest BCUT2D eigenvalue weighted by atomic mass is 16.5. The molecule has 0 unspecified atom stereocenters. The molecule has 0 atom stereocenters. The molecule has 0 fully saturated rings. The van der Waals surface area contributed by atoms with Gasteiger partial charge >= 0.3 is 6.09 Å². The molecule has 0 aliphatic heterocycles. The highest BCUT2D eigenvalue weighted by Crippen LogP contribution is 2.13. The summed E-state index contributed by atoms with van der Waals surface area (Å²) in [4.78, 5) is 15.3. The number of fused-ring (bicyclic) bond motifs is 1. The number of carbonyl (C=O) groups excluding carboxylic acids is 1. The number of hydrogen-bond acceptors (Lipinski definition) is 4. The number of amides is 1. The summed E-state index contributed by atoms with van der Waals surface area (Å²) in [5.41, 5.74) is 4.06. The van der Waals surface area contributed by atoms with E-state index in [0.29, 0.717) is 6.61 Å². The molecule has 0 aliphatic rings. The molecule has 0 spiro atoms. The first-order valence-electron chi connectivity index (χ1n) is 5.61. The molecule has 2 rings (SSSR count). The zero-order valence-corrected chi connectivity index (χ0v) is 9.96. The number of aromatic nitrogens is 1. The lowest BCUT2D eigenvalue weighted by molar-refractivity contribution is 0.152. The molecule has 0 bridgehead atoms. The first-order valence-corrected chi connectivity index (χ1v) is 5.61. The fourth-order valence-corrected chi connectivity index (χ4v) is 1.55. The Morgan fingerprint density at radius 1 is 1.44 bits per heavy atom. The summed E-state index contributed by atoms with van der Waals surface area (Å²) in [7, 11) is 0. The minimum absolute atomic E-state index is 0.319. The van der Waals surface area contributed by atoms with Gasteiger partial charge < -0.3 is 4.74 Å². The molecule has 2 aromatic rings. The summed E-state index contributed by atoms with van der Waals surface area (Å²) < 4.78 is 4.69. The molecule has 1 aromatic carbocycles. The number of hydrogen-bond donors (Lipinski definition) is 1. The average Bonchev–Trinajstić information content (AvgIpc) is 2.39. The summed E-state index contributed by atoms with van der Waals surface area (Å²) in [6.07, 6.45) is 2.71. The quantitative estimate of drug-likeness (QED) is 0.664. The minimum atomic E-state index is -0.563. The second kappa shape index (κ2) is 5.77. The Bertz CT molecular complexity index is 576. The molecule has 1 heterocycles. The predicted molar refractivity (Wildman–Crippen MR) is 69.5 cm³/mol. The maximum Gasteiger partial charge on any atom is 0.427 e. The van der Waals surface area contributed by atoms with Crippen LogP contribution in [0.2, 0.25) is 0 Å². The van der Waals surface area contributed by atoms with E-state index in [9.17, 15) is 4.79 Å². The summed E-state index contributed by atoms with van der Waals surface area (Å²) in [6.45, 7) is 2.05. The van der Waals surface area contributed by atoms with Crippen LogP contribution < -0.4 is 5.43 Å². The molecule has 0 aliphatic carbocycles. The minimum Gasteiger partial charge on any atom is -0.449 e. The highest BCUT2D eigenvalue weighted by Gasteiger charge is 1.99. The van der Waals surface area contributed by atoms with Crippen molar-refractivity contribution in [1.29, 1.82) is 0 Å². The van der Waals surface area contributed by atoms with Gasteiger partial charge in [0.25, 0.3) is 0 Å². The molecule has 1 N–H and O–H groups in total. The number of hydrazone groups is 1. The van der Waals surface area contributed by atoms with E-state index in [4.69, 9.17) is 4.74 Å². The van der Waals surface area contributed by atoms with Crippen LogP contribution in [0.3, 0.4) is 0 Å². The zero-order valence-electron chi connectivity index (χ0n) is 9.96. The van der Waals surface area contributed by atoms with Gasteiger partial charge in [-0.1, -0.05) is 18.2 Å². The second-order valence-electron chi connectivity index (χ2n) is 3.51. The van der Waals surface area contributed by atoms with Gasteiger partial charge in [-0.05, 0) is 19.1 Å². The van der Waals surface area contributed by atoms with Gasteiger partial charge in [0.2, 0.25) is 0 Å². The third kappa shape index (κ3) is 2.82. The van der Waals surface area contributed by atoms with Crippen molar-refractivity contribution in [3.8, 4) is 0 Å². The molecule has 0 saturated heterocycles. The molecule has 0 radical (unpaired) electrons. The van der Waals surface area contributed by atoms with E-state index in [-0.39, 0.29) is 0 Å². The molecule has 1 amide bonds. The number of pyridine rings is 1. The van der Waals surface area contributed by atoms with Crippen LogP contribution in [0, 0.1) is 0 Å². The molecular weight excluding hydrogens is 230 g/mol. The number of nitrogens with one attached hydrogen (secondary N) is 1. The maximum atomic E-state index is 11.0. The van der Waals surface area contributed by atoms with Gasteiger partial charge in [0.15, 0.2) is 0 Å². The van der Waals surface area contributed by atoms with Crippen LogP contribution in [0.5, 0.6) is 0 Å². The Hall–Kier alpha value is -2.43. The van der Waals surface area contributed by atoms with Crippen molar-refractivity contribution in [2.75, 3.05) is 6.61 Å². The summed E-state index contributed by atoms with van der Waals surface area (Å²) in [6, 6.07) is 9.56. The van der Waals surface area contributed by atoms with E-state index in [0.717, 1.165) is 16.5 Å². The van der Waals surface area contributed by atoms with Gasteiger partial charge in [-0.3, -0.25) is 4.98 Å². The summed E-state index contributed by atoms with van der Waals surface area (Å²) >= 11 is 0. The lowest BCUT2D eigenvalue weighted by Gasteiger charge is -2.01. The van der Waals surface area contributed by atoms with Gasteiger partial charge in [-0.2, -0.15) is 5.10 Å². The SMILES string of the molecule is CCOC(=O)NN=Cc1ccnc2ccccc12. The number of benzene rings is 1. The number of nitrogens with zero attached hydrogens (tertiary/aromatic N) is 2. The molecule has 18 heavy (non-hydrogen) atoms. The monoisotopic (exact) mass is 243 g/mol. The fourth-order valence-electron chi connectivity index (χ4n) is 1.55. The van der Waals surface area contributed by atoms with Crippen molar-refractivity contribution in [3.63, 3.8) is 0 Å². The van der Waals surface area contributed by atoms with Crippen LogP contribution in [-0.2, 0) is 4.74 Å². The zero-order chi connectivity index (χ0) is 12.8. The number of rotatable bonds is 3. The van der Waals surface area contributed by atoms with Crippen molar-refractivity contribution in [2.45, 2.75) is 6.92 Å². The third-order valence-electron chi connectivity index (χ3n) is 2.32. The molecule has 1 aromatic heterocycles. The molecular formula is C13H13N3O2. The lowest BCUT2D eigenvalue weighted by Crippen LogP contribution is -2.18. The largest absolute Gasteiger partial charge is 0.449 e. The number of para-hydroxylation sites is 1. The number of ether oxygens (including phenoxy) is 1. The van der Waals surface area contributed by atoms with E-state index in [1.165, 1.54) is 0 Å². The van der Waals surface area contributed by atoms with Gasteiger partial charge in [-0.25, -0.2) is 10.2 Å². The second-order valence-corrected chi connectivity index (χ2v) is 3.51. The highest BCUT2D eigenvalue weighted by molar-refractivity contribution is 5.98. The normalized spacial score (nSPS) is 10.7. The van der Waals surface area contributed by atoms with E-state index in [1.807, 2.05) is 30.3 Å². The van der Waals surface area contributed by atoms with Crippen molar-refractivity contribution in [2.24, 2.45) is 5.10 Å². The molecule has 5 nitrogen and oxygen atoms in total. The van der Waals surface area contributed by atoms with E-state index >= 15 is 0 Å². The summed E-state index contributed by atoms with van der Waals surface area (Å²) in [5.74, 6) is 0. The average molecular weight is 243 g/mol. The molecule has 5 heteroatoms. The Kier molecular flexibility index (Phi) is 3.86. The van der Waals surface area contributed by atoms with Crippen LogP contribution in [0.4, 0.5) is 4.79 Å². The van der Waals surface area contributed by atoms with Crippen LogP contribution in [-0.4, -0.2) is 23.9 Å². The Morgan fingerprint density at radius 2 is 2.28 bits per heavy atom. The van der Waals surface area contributed by atoms with Crippen molar-refractivity contribution < 1.29 is 9.53 Å². The lowest BCUT2D eigenvalue weighted by atomic mass is 10.1. The Labute approximate surface area is 104 Å². The third-order valence-corrected chi connectivity index (χ3v) is 2.32. The van der Waals surface area contributed by atoms with Crippen molar-refractivity contribution in [1.82, 2.24) is 10.4 Å². The van der Waals surface area contributed by atoms with Crippen LogP contribution >= 0.6 is 0 Å². The first kappa shape index (κ1) is 12.0. The Morgan fingerprint density at radius 3 is 3.11 bits per heavy atom. The fraction of sp³-hybridized carbons (Fsp3) is 0.154. The predicted octanol–water partition coefficient (Wildman–Crippen LogP) is 2.31. The number of carbonyl (C=O) groups is 1. The van der Waals surface area contributed by atoms with Crippen LogP contribution in [0.15, 0.2) is 41.6 Å². The smallest absolute Gasteiger partial charge is 0.427 e. The van der Waals surface area contributed by atoms with Gasteiger partial charge in [0.1, 0.15) is 0 Å². The van der Waals surface area contributed by atoms with E-state index in [1.54, 1.807) is 19.3 Å². The Balaban J connectivity index is 2.16. The van der Waals surface area contributed by atoms with Crippen molar-refractivity contribution in [3.05, 3.63) is 42.1 Å². The van der Waals surface area contributed by atoms with Gasteiger partial charge in [-0.15, -0.1) is 0 Å². The van der Waals surface area contributed by atoms with E-state index in [2.05, 4.69) is 15.5 Å². The molecule has 0 saturated carbocycles.